The van der Waals surface area contributed by atoms with Crippen molar-refractivity contribution in [3.8, 4) is 0 Å². The molecule has 0 unspecified atom stereocenters. The Bertz CT molecular complexity index is 1140. The molecule has 3 heteroatoms. The minimum absolute atomic E-state index is 0.0357. The summed E-state index contributed by atoms with van der Waals surface area (Å²) in [5.74, 6) is -0.0357. The number of H-pyrrole nitrogens is 1. The van der Waals surface area contributed by atoms with Crippen LogP contribution in [0.25, 0.3) is 10.9 Å². The summed E-state index contributed by atoms with van der Waals surface area (Å²) in [5, 5.41) is 4.43. The number of rotatable bonds is 2. The van der Waals surface area contributed by atoms with Crippen LogP contribution in [0.4, 0.5) is 0 Å². The molecule has 1 aliphatic heterocycles. The molecule has 1 aromatic heterocycles. The lowest BCUT2D eigenvalue weighted by Gasteiger charge is -2.31. The first kappa shape index (κ1) is 15.0. The Balaban J connectivity index is 1.91. The van der Waals surface area contributed by atoms with Gasteiger partial charge in [0.05, 0.1) is 0 Å². The number of carbonyl (C=O) groups is 1. The Morgan fingerprint density at radius 1 is 0.846 bits per heavy atom. The van der Waals surface area contributed by atoms with Crippen LogP contribution in [0.15, 0.2) is 79.0 Å². The molecule has 1 atom stereocenters. The van der Waals surface area contributed by atoms with Crippen molar-refractivity contribution in [3.05, 3.63) is 107 Å². The third-order valence-electron chi connectivity index (χ3n) is 5.32. The molecular formula is C23H18N2O. The molecule has 0 bridgehead atoms. The Morgan fingerprint density at radius 3 is 2.46 bits per heavy atom. The molecular weight excluding hydrogens is 320 g/mol. The minimum atomic E-state index is -0.693. The van der Waals surface area contributed by atoms with Crippen molar-refractivity contribution in [2.45, 2.75) is 12.5 Å². The van der Waals surface area contributed by atoms with Gasteiger partial charge in [-0.3, -0.25) is 4.79 Å². The van der Waals surface area contributed by atoms with Crippen molar-refractivity contribution in [2.75, 3.05) is 0 Å². The van der Waals surface area contributed by atoms with Crippen LogP contribution in [0.2, 0.25) is 0 Å². The predicted molar refractivity (Wildman–Crippen MR) is 103 cm³/mol. The quantitative estimate of drug-likeness (QED) is 0.555. The highest BCUT2D eigenvalue weighted by molar-refractivity contribution is 6.03. The maximum absolute atomic E-state index is 12.8. The molecule has 2 heterocycles. The molecule has 0 saturated carbocycles. The zero-order valence-corrected chi connectivity index (χ0v) is 14.4. The zero-order chi connectivity index (χ0) is 17.7. The van der Waals surface area contributed by atoms with Gasteiger partial charge in [0.25, 0.3) is 5.91 Å². The van der Waals surface area contributed by atoms with E-state index in [9.17, 15) is 4.79 Å². The molecule has 2 N–H and O–H groups in total. The topological polar surface area (TPSA) is 44.9 Å². The van der Waals surface area contributed by atoms with E-state index in [1.54, 1.807) is 0 Å². The molecule has 0 radical (unpaired) electrons. The minimum Gasteiger partial charge on any atom is -0.361 e. The summed E-state index contributed by atoms with van der Waals surface area (Å²) in [6.07, 6.45) is 2.03. The van der Waals surface area contributed by atoms with Gasteiger partial charge < -0.3 is 10.3 Å². The fourth-order valence-corrected chi connectivity index (χ4v) is 4.14. The fraction of sp³-hybridized carbons (Fsp3) is 0.0870. The molecule has 0 saturated heterocycles. The Morgan fingerprint density at radius 2 is 1.62 bits per heavy atom. The first-order chi connectivity index (χ1) is 12.7. The van der Waals surface area contributed by atoms with E-state index in [2.05, 4.69) is 53.6 Å². The van der Waals surface area contributed by atoms with Crippen molar-refractivity contribution in [3.63, 3.8) is 0 Å². The number of aromatic amines is 1. The second-order valence-electron chi connectivity index (χ2n) is 6.87. The normalized spacial score (nSPS) is 18.7. The van der Waals surface area contributed by atoms with Crippen molar-refractivity contribution < 1.29 is 4.79 Å². The second kappa shape index (κ2) is 5.33. The van der Waals surface area contributed by atoms with Crippen LogP contribution in [-0.2, 0) is 5.54 Å². The van der Waals surface area contributed by atoms with Gasteiger partial charge in [0.2, 0.25) is 0 Å². The molecule has 5 rings (SSSR count). The van der Waals surface area contributed by atoms with Crippen LogP contribution in [0.5, 0.6) is 0 Å². The van der Waals surface area contributed by atoms with Gasteiger partial charge in [-0.2, -0.15) is 0 Å². The third-order valence-corrected chi connectivity index (χ3v) is 5.32. The van der Waals surface area contributed by atoms with Crippen LogP contribution in [0, 0.1) is 6.92 Å². The molecule has 1 amide bonds. The molecule has 126 valence electrons. The van der Waals surface area contributed by atoms with Gasteiger partial charge >= 0.3 is 0 Å². The number of hydrogen-bond donors (Lipinski definition) is 2. The first-order valence-electron chi connectivity index (χ1n) is 8.76. The van der Waals surface area contributed by atoms with Crippen LogP contribution in [0.3, 0.4) is 0 Å². The maximum atomic E-state index is 12.8. The van der Waals surface area contributed by atoms with Gasteiger partial charge in [-0.15, -0.1) is 0 Å². The molecule has 0 fully saturated rings. The smallest absolute Gasteiger partial charge is 0.252 e. The van der Waals surface area contributed by atoms with E-state index in [0.29, 0.717) is 0 Å². The van der Waals surface area contributed by atoms with E-state index in [1.807, 2.05) is 42.6 Å². The molecule has 1 aliphatic rings. The van der Waals surface area contributed by atoms with E-state index in [-0.39, 0.29) is 5.91 Å². The van der Waals surface area contributed by atoms with Crippen molar-refractivity contribution >= 4 is 16.8 Å². The van der Waals surface area contributed by atoms with Gasteiger partial charge in [-0.05, 0) is 36.2 Å². The highest BCUT2D eigenvalue weighted by atomic mass is 16.2. The van der Waals surface area contributed by atoms with E-state index in [1.165, 1.54) is 5.56 Å². The molecule has 4 aromatic rings. The predicted octanol–water partition coefficient (Wildman–Crippen LogP) is 4.51. The SMILES string of the molecule is Cc1ccc2[nH]cc([C@]3(c4ccccc4)NC(=O)c4ccccc43)c2c1. The van der Waals surface area contributed by atoms with E-state index < -0.39 is 5.54 Å². The summed E-state index contributed by atoms with van der Waals surface area (Å²) in [5.41, 5.74) is 5.43. The van der Waals surface area contributed by atoms with Gasteiger partial charge in [0.1, 0.15) is 5.54 Å². The zero-order valence-electron chi connectivity index (χ0n) is 14.4. The lowest BCUT2D eigenvalue weighted by atomic mass is 9.78. The monoisotopic (exact) mass is 338 g/mol. The number of aryl methyl sites for hydroxylation is 1. The Hall–Kier alpha value is -3.33. The molecule has 3 aromatic carbocycles. The average molecular weight is 338 g/mol. The summed E-state index contributed by atoms with van der Waals surface area (Å²) in [6.45, 7) is 2.09. The summed E-state index contributed by atoms with van der Waals surface area (Å²) in [6, 6.07) is 24.4. The standard InChI is InChI=1S/C23H18N2O/c1-15-11-12-21-18(13-15)20(14-24-21)23(16-7-3-2-4-8-16)19-10-6-5-9-17(19)22(26)25-23/h2-14,24H,1H3,(H,25,26)/t23-/m1/s1. The highest BCUT2D eigenvalue weighted by Gasteiger charge is 2.46. The number of benzene rings is 3. The largest absolute Gasteiger partial charge is 0.361 e. The second-order valence-corrected chi connectivity index (χ2v) is 6.87. The summed E-state index contributed by atoms with van der Waals surface area (Å²) >= 11 is 0. The summed E-state index contributed by atoms with van der Waals surface area (Å²) in [4.78, 5) is 16.2. The van der Waals surface area contributed by atoms with Crippen molar-refractivity contribution in [1.82, 2.24) is 10.3 Å². The number of fused-ring (bicyclic) bond motifs is 2. The molecule has 0 spiro atoms. The average Bonchev–Trinajstić information content (AvgIpc) is 3.22. The highest BCUT2D eigenvalue weighted by Crippen LogP contribution is 2.44. The summed E-state index contributed by atoms with van der Waals surface area (Å²) < 4.78 is 0. The number of carbonyl (C=O) groups excluding carboxylic acids is 1. The van der Waals surface area contributed by atoms with Crippen LogP contribution >= 0.6 is 0 Å². The Labute approximate surface area is 151 Å². The van der Waals surface area contributed by atoms with Crippen molar-refractivity contribution in [1.29, 1.82) is 0 Å². The van der Waals surface area contributed by atoms with Gasteiger partial charge in [-0.25, -0.2) is 0 Å². The van der Waals surface area contributed by atoms with Gasteiger partial charge in [0.15, 0.2) is 0 Å². The maximum Gasteiger partial charge on any atom is 0.252 e. The van der Waals surface area contributed by atoms with E-state index in [4.69, 9.17) is 0 Å². The van der Waals surface area contributed by atoms with Gasteiger partial charge in [0, 0.05) is 28.2 Å². The van der Waals surface area contributed by atoms with E-state index in [0.717, 1.165) is 33.2 Å². The van der Waals surface area contributed by atoms with E-state index >= 15 is 0 Å². The number of aromatic nitrogens is 1. The lowest BCUT2D eigenvalue weighted by molar-refractivity contribution is 0.0949. The number of nitrogens with one attached hydrogen (secondary N) is 2. The Kier molecular flexibility index (Phi) is 3.07. The van der Waals surface area contributed by atoms with Crippen molar-refractivity contribution in [2.24, 2.45) is 0 Å². The number of amides is 1. The summed E-state index contributed by atoms with van der Waals surface area (Å²) in [7, 11) is 0. The first-order valence-corrected chi connectivity index (χ1v) is 8.76. The molecule has 26 heavy (non-hydrogen) atoms. The third kappa shape index (κ3) is 1.91. The molecule has 0 aliphatic carbocycles. The van der Waals surface area contributed by atoms with Crippen LogP contribution in [-0.4, -0.2) is 10.9 Å². The van der Waals surface area contributed by atoms with Gasteiger partial charge in [-0.1, -0.05) is 60.2 Å². The fourth-order valence-electron chi connectivity index (χ4n) is 4.14. The molecule has 3 nitrogen and oxygen atoms in total. The number of hydrogen-bond acceptors (Lipinski definition) is 1. The van der Waals surface area contributed by atoms with Crippen LogP contribution in [0.1, 0.15) is 32.6 Å². The lowest BCUT2D eigenvalue weighted by Crippen LogP contribution is -2.41. The van der Waals surface area contributed by atoms with Crippen LogP contribution < -0.4 is 5.32 Å².